The zero-order valence-corrected chi connectivity index (χ0v) is 12.0. The molecule has 2 aromatic rings. The lowest BCUT2D eigenvalue weighted by atomic mass is 9.94. The van der Waals surface area contributed by atoms with Gasteiger partial charge in [-0.05, 0) is 35.4 Å². The van der Waals surface area contributed by atoms with Crippen molar-refractivity contribution in [2.45, 2.75) is 18.4 Å². The second-order valence-electron chi connectivity index (χ2n) is 5.32. The van der Waals surface area contributed by atoms with Crippen LogP contribution in [0.15, 0.2) is 42.5 Å². The van der Waals surface area contributed by atoms with E-state index in [0.717, 1.165) is 11.1 Å². The summed E-state index contributed by atoms with van der Waals surface area (Å²) in [5, 5.41) is 3.61. The van der Waals surface area contributed by atoms with E-state index >= 15 is 0 Å². The van der Waals surface area contributed by atoms with Crippen LogP contribution in [0.4, 0.5) is 10.1 Å². The quantitative estimate of drug-likeness (QED) is 0.916. The Morgan fingerprint density at radius 1 is 1.19 bits per heavy atom. The van der Waals surface area contributed by atoms with Gasteiger partial charge in [0, 0.05) is 17.9 Å². The Kier molecular flexibility index (Phi) is 3.33. The van der Waals surface area contributed by atoms with Crippen molar-refractivity contribution in [1.29, 1.82) is 0 Å². The van der Waals surface area contributed by atoms with Crippen molar-refractivity contribution in [2.24, 2.45) is 5.73 Å². The topological polar surface area (TPSA) is 55.1 Å². The molecule has 1 atom stereocenters. The number of nitrogens with two attached hydrogens (primary N) is 1. The summed E-state index contributed by atoms with van der Waals surface area (Å²) < 4.78 is 13.8. The van der Waals surface area contributed by atoms with Crippen molar-refractivity contribution in [1.82, 2.24) is 0 Å². The van der Waals surface area contributed by atoms with Gasteiger partial charge >= 0.3 is 0 Å². The third-order valence-corrected chi connectivity index (χ3v) is 4.11. The summed E-state index contributed by atoms with van der Waals surface area (Å²) in [6.45, 7) is 0. The highest BCUT2D eigenvalue weighted by Gasteiger charge is 2.43. The number of carbonyl (C=O) groups is 1. The van der Waals surface area contributed by atoms with E-state index in [2.05, 4.69) is 5.32 Å². The fourth-order valence-corrected chi connectivity index (χ4v) is 2.98. The maximum atomic E-state index is 13.8. The number of primary amides is 1. The van der Waals surface area contributed by atoms with Crippen molar-refractivity contribution < 1.29 is 9.18 Å². The van der Waals surface area contributed by atoms with Gasteiger partial charge in [0.25, 0.3) is 0 Å². The Hall–Kier alpha value is -2.07. The molecular weight excluding hydrogens is 291 g/mol. The highest BCUT2D eigenvalue weighted by Crippen LogP contribution is 2.35. The maximum Gasteiger partial charge on any atom is 0.243 e. The van der Waals surface area contributed by atoms with Crippen LogP contribution < -0.4 is 11.1 Å². The van der Waals surface area contributed by atoms with Gasteiger partial charge in [0.15, 0.2) is 0 Å². The van der Waals surface area contributed by atoms with Gasteiger partial charge in [-0.25, -0.2) is 4.39 Å². The number of carbonyl (C=O) groups excluding carboxylic acids is 1. The van der Waals surface area contributed by atoms with Gasteiger partial charge in [-0.1, -0.05) is 29.8 Å². The summed E-state index contributed by atoms with van der Waals surface area (Å²) in [5.74, 6) is -0.912. The molecule has 1 amide bonds. The van der Waals surface area contributed by atoms with Crippen LogP contribution in [0.5, 0.6) is 0 Å². The van der Waals surface area contributed by atoms with Crippen molar-refractivity contribution in [2.75, 3.05) is 5.32 Å². The third kappa shape index (κ3) is 2.47. The number of para-hydroxylation sites is 1. The van der Waals surface area contributed by atoms with Gasteiger partial charge in [0.1, 0.15) is 11.4 Å². The van der Waals surface area contributed by atoms with Crippen LogP contribution in [-0.2, 0) is 17.6 Å². The predicted molar refractivity (Wildman–Crippen MR) is 80.8 cm³/mol. The van der Waals surface area contributed by atoms with Gasteiger partial charge in [-0.3, -0.25) is 4.79 Å². The Balaban J connectivity index is 1.97. The number of halogens is 2. The fourth-order valence-electron chi connectivity index (χ4n) is 2.79. The van der Waals surface area contributed by atoms with E-state index in [4.69, 9.17) is 17.3 Å². The van der Waals surface area contributed by atoms with E-state index in [1.54, 1.807) is 24.3 Å². The second kappa shape index (κ2) is 5.04. The first-order chi connectivity index (χ1) is 10.00. The summed E-state index contributed by atoms with van der Waals surface area (Å²) in [7, 11) is 0. The molecule has 1 aliphatic carbocycles. The fraction of sp³-hybridized carbons (Fsp3) is 0.188. The van der Waals surface area contributed by atoms with Crippen molar-refractivity contribution in [3.63, 3.8) is 0 Å². The van der Waals surface area contributed by atoms with Crippen LogP contribution in [0, 0.1) is 5.82 Å². The molecular formula is C16H14ClFN2O. The summed E-state index contributed by atoms with van der Waals surface area (Å²) in [4.78, 5) is 12.0. The first-order valence-corrected chi connectivity index (χ1v) is 6.98. The van der Waals surface area contributed by atoms with Crippen LogP contribution in [0.1, 0.15) is 11.1 Å². The minimum absolute atomic E-state index is 0.273. The molecule has 0 saturated carbocycles. The molecule has 21 heavy (non-hydrogen) atoms. The van der Waals surface area contributed by atoms with Crippen LogP contribution in [-0.4, -0.2) is 11.4 Å². The molecule has 5 heteroatoms. The molecule has 0 heterocycles. The number of fused-ring (bicyclic) bond motifs is 1. The van der Waals surface area contributed by atoms with Gasteiger partial charge < -0.3 is 11.1 Å². The standard InChI is InChI=1S/C16H14ClFN2O/c17-12-6-5-10-8-16(15(19)21,9-11(10)7-12)20-14-4-2-1-3-13(14)18/h1-7,20H,8-9H2,(H2,19,21). The lowest BCUT2D eigenvalue weighted by Crippen LogP contribution is -2.51. The highest BCUT2D eigenvalue weighted by molar-refractivity contribution is 6.30. The highest BCUT2D eigenvalue weighted by atomic mass is 35.5. The number of rotatable bonds is 3. The van der Waals surface area contributed by atoms with E-state index in [0.29, 0.717) is 17.9 Å². The first-order valence-electron chi connectivity index (χ1n) is 6.60. The summed E-state index contributed by atoms with van der Waals surface area (Å²) in [6.07, 6.45) is 0.815. The Bertz CT molecular complexity index is 719. The molecule has 3 N–H and O–H groups in total. The number of nitrogens with one attached hydrogen (secondary N) is 1. The van der Waals surface area contributed by atoms with Crippen LogP contribution in [0.25, 0.3) is 0 Å². The van der Waals surface area contributed by atoms with Gasteiger partial charge in [-0.15, -0.1) is 0 Å². The zero-order valence-electron chi connectivity index (χ0n) is 11.2. The molecule has 3 nitrogen and oxygen atoms in total. The molecule has 0 aromatic heterocycles. The summed E-state index contributed by atoms with van der Waals surface area (Å²) in [5.41, 5.74) is 6.81. The molecule has 2 aromatic carbocycles. The van der Waals surface area contributed by atoms with Crippen LogP contribution in [0.2, 0.25) is 5.02 Å². The molecule has 0 saturated heterocycles. The van der Waals surface area contributed by atoms with E-state index < -0.39 is 17.3 Å². The number of anilines is 1. The Morgan fingerprint density at radius 2 is 1.90 bits per heavy atom. The largest absolute Gasteiger partial charge is 0.368 e. The zero-order chi connectivity index (χ0) is 15.0. The number of amides is 1. The number of hydrogen-bond acceptors (Lipinski definition) is 2. The van der Waals surface area contributed by atoms with Crippen molar-refractivity contribution >= 4 is 23.2 Å². The summed E-state index contributed by atoms with van der Waals surface area (Å²) >= 11 is 5.98. The van der Waals surface area contributed by atoms with Crippen molar-refractivity contribution in [3.8, 4) is 0 Å². The van der Waals surface area contributed by atoms with Gasteiger partial charge in [-0.2, -0.15) is 0 Å². The smallest absolute Gasteiger partial charge is 0.243 e. The molecule has 0 spiro atoms. The van der Waals surface area contributed by atoms with E-state index in [1.807, 2.05) is 12.1 Å². The predicted octanol–water partition coefficient (Wildman–Crippen LogP) is 2.91. The molecule has 108 valence electrons. The third-order valence-electron chi connectivity index (χ3n) is 3.87. The summed E-state index contributed by atoms with van der Waals surface area (Å²) in [6, 6.07) is 11.7. The molecule has 0 fully saturated rings. The Labute approximate surface area is 126 Å². The normalized spacial score (nSPS) is 20.1. The van der Waals surface area contributed by atoms with Crippen LogP contribution in [0.3, 0.4) is 0 Å². The molecule has 1 aliphatic rings. The minimum atomic E-state index is -1.02. The Morgan fingerprint density at radius 3 is 2.62 bits per heavy atom. The van der Waals surface area contributed by atoms with Crippen LogP contribution >= 0.6 is 11.6 Å². The second-order valence-corrected chi connectivity index (χ2v) is 5.75. The molecule has 0 radical (unpaired) electrons. The van der Waals surface area contributed by atoms with E-state index in [-0.39, 0.29) is 5.69 Å². The molecule has 0 aliphatic heterocycles. The number of hydrogen-bond donors (Lipinski definition) is 2. The van der Waals surface area contributed by atoms with E-state index in [9.17, 15) is 9.18 Å². The first kappa shape index (κ1) is 13.9. The molecule has 1 unspecified atom stereocenters. The van der Waals surface area contributed by atoms with Gasteiger partial charge in [0.2, 0.25) is 5.91 Å². The minimum Gasteiger partial charge on any atom is -0.368 e. The molecule has 3 rings (SSSR count). The average Bonchev–Trinajstić information content (AvgIpc) is 2.80. The van der Waals surface area contributed by atoms with Gasteiger partial charge in [0.05, 0.1) is 5.69 Å². The monoisotopic (exact) mass is 304 g/mol. The lowest BCUT2D eigenvalue weighted by Gasteiger charge is -2.28. The number of benzene rings is 2. The lowest BCUT2D eigenvalue weighted by molar-refractivity contribution is -0.122. The molecule has 0 bridgehead atoms. The van der Waals surface area contributed by atoms with E-state index in [1.165, 1.54) is 6.07 Å². The van der Waals surface area contributed by atoms with Crippen molar-refractivity contribution in [3.05, 3.63) is 64.4 Å². The SMILES string of the molecule is NC(=O)C1(Nc2ccccc2F)Cc2ccc(Cl)cc2C1. The average molecular weight is 305 g/mol. The maximum absolute atomic E-state index is 13.8.